The minimum Gasteiger partial charge on any atom is -0.251 e. The second-order valence-corrected chi connectivity index (χ2v) is 5.02. The molecule has 0 spiro atoms. The van der Waals surface area contributed by atoms with Crippen LogP contribution < -0.4 is 0 Å². The lowest BCUT2D eigenvalue weighted by molar-refractivity contribution is 0.881. The van der Waals surface area contributed by atoms with Crippen molar-refractivity contribution in [2.24, 2.45) is 0 Å². The van der Waals surface area contributed by atoms with Crippen LogP contribution in [0.1, 0.15) is 5.69 Å². The van der Waals surface area contributed by atoms with Crippen LogP contribution in [0.5, 0.6) is 0 Å². The van der Waals surface area contributed by atoms with Crippen molar-refractivity contribution in [2.45, 2.75) is 6.92 Å². The van der Waals surface area contributed by atoms with E-state index in [4.69, 9.17) is 0 Å². The third-order valence-corrected chi connectivity index (χ3v) is 3.60. The third kappa shape index (κ3) is 2.13. The molecule has 3 heterocycles. The van der Waals surface area contributed by atoms with Crippen LogP contribution in [-0.4, -0.2) is 24.7 Å². The van der Waals surface area contributed by atoms with Crippen molar-refractivity contribution in [1.29, 1.82) is 0 Å². The number of nitrogens with zero attached hydrogens (tertiary/aromatic N) is 5. The highest BCUT2D eigenvalue weighted by molar-refractivity contribution is 5.79. The molecule has 1 aromatic carbocycles. The fourth-order valence-electron chi connectivity index (χ4n) is 2.50. The number of rotatable bonds is 2. The van der Waals surface area contributed by atoms with Gasteiger partial charge in [-0.2, -0.15) is 5.10 Å². The molecule has 3 aromatic heterocycles. The normalized spacial score (nSPS) is 11.0. The second kappa shape index (κ2) is 5.04. The summed E-state index contributed by atoms with van der Waals surface area (Å²) >= 11 is 0. The molecular formula is C17H13N5. The van der Waals surface area contributed by atoms with Crippen LogP contribution in [0.2, 0.25) is 0 Å². The zero-order chi connectivity index (χ0) is 14.9. The van der Waals surface area contributed by atoms with E-state index in [9.17, 15) is 0 Å². The summed E-state index contributed by atoms with van der Waals surface area (Å²) in [5, 5.41) is 4.23. The molecule has 0 N–H and O–H groups in total. The highest BCUT2D eigenvalue weighted by Crippen LogP contribution is 2.25. The zero-order valence-electron chi connectivity index (χ0n) is 12.0. The number of aromatic nitrogens is 5. The van der Waals surface area contributed by atoms with Crippen molar-refractivity contribution in [3.63, 3.8) is 0 Å². The molecule has 22 heavy (non-hydrogen) atoms. The fraction of sp³-hybridized carbons (Fsp3) is 0.0588. The molecular weight excluding hydrogens is 274 g/mol. The van der Waals surface area contributed by atoms with Gasteiger partial charge < -0.3 is 0 Å². The Balaban J connectivity index is 1.80. The number of benzene rings is 1. The monoisotopic (exact) mass is 287 g/mol. The molecule has 5 nitrogen and oxygen atoms in total. The Bertz CT molecular complexity index is 927. The highest BCUT2D eigenvalue weighted by Gasteiger charge is 2.07. The average molecular weight is 287 g/mol. The minimum atomic E-state index is 0.678. The lowest BCUT2D eigenvalue weighted by Gasteiger charge is -2.08. The number of fused-ring (bicyclic) bond motifs is 1. The van der Waals surface area contributed by atoms with Gasteiger partial charge in [-0.15, -0.1) is 0 Å². The maximum Gasteiger partial charge on any atom is 0.178 e. The van der Waals surface area contributed by atoms with Gasteiger partial charge >= 0.3 is 0 Å². The molecule has 0 atom stereocenters. The Labute approximate surface area is 127 Å². The van der Waals surface area contributed by atoms with E-state index in [1.807, 2.05) is 42.1 Å². The molecule has 4 rings (SSSR count). The molecule has 0 radical (unpaired) electrons. The first-order valence-corrected chi connectivity index (χ1v) is 7.00. The van der Waals surface area contributed by atoms with Crippen molar-refractivity contribution in [3.8, 4) is 16.8 Å². The Morgan fingerprint density at radius 1 is 0.955 bits per heavy atom. The summed E-state index contributed by atoms with van der Waals surface area (Å²) in [4.78, 5) is 13.1. The summed E-state index contributed by atoms with van der Waals surface area (Å²) in [6.45, 7) is 1.99. The lowest BCUT2D eigenvalue weighted by Crippen LogP contribution is -1.95. The molecule has 106 valence electrons. The first kappa shape index (κ1) is 12.6. The van der Waals surface area contributed by atoms with E-state index in [0.29, 0.717) is 5.65 Å². The van der Waals surface area contributed by atoms with E-state index >= 15 is 0 Å². The van der Waals surface area contributed by atoms with Crippen LogP contribution in [0.3, 0.4) is 0 Å². The van der Waals surface area contributed by atoms with E-state index in [0.717, 1.165) is 28.0 Å². The number of hydrogen-bond donors (Lipinski definition) is 0. The number of aryl methyl sites for hydroxylation is 1. The molecule has 0 aliphatic carbocycles. The van der Waals surface area contributed by atoms with E-state index in [-0.39, 0.29) is 0 Å². The molecule has 0 bridgehead atoms. The summed E-state index contributed by atoms with van der Waals surface area (Å²) < 4.78 is 1.83. The summed E-state index contributed by atoms with van der Waals surface area (Å²) in [6.07, 6.45) is 7.04. The van der Waals surface area contributed by atoms with Crippen LogP contribution >= 0.6 is 0 Å². The summed E-state index contributed by atoms with van der Waals surface area (Å²) in [6, 6.07) is 12.2. The topological polar surface area (TPSA) is 56.5 Å². The van der Waals surface area contributed by atoms with Gasteiger partial charge in [-0.1, -0.05) is 12.1 Å². The van der Waals surface area contributed by atoms with Gasteiger partial charge in [0.25, 0.3) is 0 Å². The minimum absolute atomic E-state index is 0.678. The summed E-state index contributed by atoms with van der Waals surface area (Å²) in [5.41, 5.74) is 5.63. The second-order valence-electron chi connectivity index (χ2n) is 5.02. The molecule has 0 aliphatic rings. The summed E-state index contributed by atoms with van der Waals surface area (Å²) in [7, 11) is 0. The van der Waals surface area contributed by atoms with Gasteiger partial charge in [-0.05, 0) is 36.8 Å². The van der Waals surface area contributed by atoms with Gasteiger partial charge in [0.05, 0.1) is 5.69 Å². The van der Waals surface area contributed by atoms with Crippen molar-refractivity contribution in [3.05, 3.63) is 66.9 Å². The van der Waals surface area contributed by atoms with Crippen molar-refractivity contribution in [1.82, 2.24) is 24.7 Å². The average Bonchev–Trinajstić information content (AvgIpc) is 3.09. The lowest BCUT2D eigenvalue weighted by atomic mass is 10.0. The first-order chi connectivity index (χ1) is 10.8. The quantitative estimate of drug-likeness (QED) is 0.568. The Morgan fingerprint density at radius 3 is 2.55 bits per heavy atom. The largest absolute Gasteiger partial charge is 0.251 e. The molecule has 0 saturated heterocycles. The molecule has 0 unspecified atom stereocenters. The Kier molecular flexibility index (Phi) is 2.89. The van der Waals surface area contributed by atoms with Gasteiger partial charge in [-0.25, -0.2) is 14.6 Å². The Hall–Kier alpha value is -3.08. The van der Waals surface area contributed by atoms with Gasteiger partial charge in [0.2, 0.25) is 0 Å². The first-order valence-electron chi connectivity index (χ1n) is 7.00. The molecule has 4 aromatic rings. The number of pyridine rings is 1. The van der Waals surface area contributed by atoms with Crippen molar-refractivity contribution in [2.75, 3.05) is 0 Å². The van der Waals surface area contributed by atoms with Crippen LogP contribution in [0.15, 0.2) is 61.2 Å². The molecule has 0 amide bonds. The predicted octanol–water partition coefficient (Wildman–Crippen LogP) is 3.19. The SMILES string of the molecule is Cc1nc2nccnc2cc1-c1ccc(-n2cccn2)cc1. The third-order valence-electron chi connectivity index (χ3n) is 3.60. The van der Waals surface area contributed by atoms with Crippen molar-refractivity contribution >= 4 is 11.2 Å². The van der Waals surface area contributed by atoms with E-state index in [1.165, 1.54) is 0 Å². The van der Waals surface area contributed by atoms with Gasteiger partial charge in [0.1, 0.15) is 5.52 Å². The van der Waals surface area contributed by atoms with Gasteiger partial charge in [0.15, 0.2) is 5.65 Å². The van der Waals surface area contributed by atoms with Crippen LogP contribution in [0.4, 0.5) is 0 Å². The van der Waals surface area contributed by atoms with E-state index in [1.54, 1.807) is 18.6 Å². The van der Waals surface area contributed by atoms with Crippen LogP contribution in [0, 0.1) is 6.92 Å². The van der Waals surface area contributed by atoms with E-state index in [2.05, 4.69) is 32.2 Å². The van der Waals surface area contributed by atoms with Crippen LogP contribution in [-0.2, 0) is 0 Å². The van der Waals surface area contributed by atoms with Crippen LogP contribution in [0.25, 0.3) is 28.0 Å². The maximum absolute atomic E-state index is 4.53. The van der Waals surface area contributed by atoms with Gasteiger partial charge in [0, 0.05) is 36.0 Å². The fourth-order valence-corrected chi connectivity index (χ4v) is 2.50. The maximum atomic E-state index is 4.53. The summed E-state index contributed by atoms with van der Waals surface area (Å²) in [5.74, 6) is 0. The molecule has 5 heteroatoms. The molecule has 0 aliphatic heterocycles. The zero-order valence-corrected chi connectivity index (χ0v) is 12.0. The smallest absolute Gasteiger partial charge is 0.178 e. The standard InChI is InChI=1S/C17H13N5/c1-12-15(11-16-17(21-12)19-9-8-18-16)13-3-5-14(6-4-13)22-10-2-7-20-22/h2-11H,1H3. The van der Waals surface area contributed by atoms with Gasteiger partial charge in [-0.3, -0.25) is 4.98 Å². The van der Waals surface area contributed by atoms with Crippen molar-refractivity contribution < 1.29 is 0 Å². The molecule has 0 saturated carbocycles. The van der Waals surface area contributed by atoms with E-state index < -0.39 is 0 Å². The number of hydrogen-bond acceptors (Lipinski definition) is 4. The molecule has 0 fully saturated rings. The highest BCUT2D eigenvalue weighted by atomic mass is 15.3. The predicted molar refractivity (Wildman–Crippen MR) is 84.6 cm³/mol. The Morgan fingerprint density at radius 2 is 1.77 bits per heavy atom.